The molecule has 2 heterocycles. The van der Waals surface area contributed by atoms with Gasteiger partial charge in [-0.1, -0.05) is 17.7 Å². The molecule has 0 atom stereocenters. The summed E-state index contributed by atoms with van der Waals surface area (Å²) in [7, 11) is 0. The predicted octanol–water partition coefficient (Wildman–Crippen LogP) is 1.73. The van der Waals surface area contributed by atoms with Gasteiger partial charge in [0, 0.05) is 24.3 Å². The average Bonchev–Trinajstić information content (AvgIpc) is 3.03. The molecular formula is C18H22ClN4O2S+. The van der Waals surface area contributed by atoms with E-state index in [4.69, 9.17) is 11.6 Å². The molecule has 8 heteroatoms. The second-order valence-electron chi connectivity index (χ2n) is 6.39. The largest absolute Gasteiger partial charge is 0.332 e. The van der Waals surface area contributed by atoms with Gasteiger partial charge in [0.15, 0.2) is 5.13 Å². The van der Waals surface area contributed by atoms with E-state index in [0.717, 1.165) is 38.4 Å². The number of nitrogens with zero attached hydrogens (tertiary/aromatic N) is 3. The lowest BCUT2D eigenvalue weighted by molar-refractivity contribution is -0.917. The van der Waals surface area contributed by atoms with Gasteiger partial charge < -0.3 is 9.80 Å². The Labute approximate surface area is 162 Å². The lowest BCUT2D eigenvalue weighted by Crippen LogP contribution is -3.13. The number of benzene rings is 1. The molecule has 1 aliphatic heterocycles. The zero-order chi connectivity index (χ0) is 18.7. The maximum atomic E-state index is 12.2. The first kappa shape index (κ1) is 18.8. The van der Waals surface area contributed by atoms with Crippen molar-refractivity contribution in [2.75, 3.05) is 31.1 Å². The van der Waals surface area contributed by atoms with Gasteiger partial charge in [-0.25, -0.2) is 4.98 Å². The molecule has 0 radical (unpaired) electrons. The van der Waals surface area contributed by atoms with Crippen molar-refractivity contribution in [3.05, 3.63) is 40.4 Å². The number of carbonyl (C=O) groups excluding carboxylic acids is 2. The summed E-state index contributed by atoms with van der Waals surface area (Å²) < 4.78 is 0. The number of aromatic nitrogens is 1. The zero-order valence-electron chi connectivity index (χ0n) is 14.9. The minimum Gasteiger partial charge on any atom is -0.332 e. The number of piperazine rings is 1. The van der Waals surface area contributed by atoms with Crippen molar-refractivity contribution >= 4 is 45.6 Å². The number of rotatable bonds is 4. The highest BCUT2D eigenvalue weighted by Gasteiger charge is 2.23. The zero-order valence-corrected chi connectivity index (χ0v) is 16.4. The van der Waals surface area contributed by atoms with Crippen LogP contribution in [0.1, 0.15) is 19.5 Å². The molecule has 0 unspecified atom stereocenters. The van der Waals surface area contributed by atoms with E-state index in [0.29, 0.717) is 15.8 Å². The first-order valence-electron chi connectivity index (χ1n) is 8.54. The topological polar surface area (TPSA) is 58.0 Å². The Hall–Kier alpha value is -1.96. The van der Waals surface area contributed by atoms with Gasteiger partial charge in [0.2, 0.25) is 11.8 Å². The van der Waals surface area contributed by atoms with Crippen LogP contribution in [-0.2, 0) is 16.1 Å². The second-order valence-corrected chi connectivity index (χ2v) is 7.66. The predicted molar refractivity (Wildman–Crippen MR) is 103 cm³/mol. The molecule has 1 fully saturated rings. The molecule has 1 saturated heterocycles. The number of nitrogens with one attached hydrogen (secondary N) is 1. The van der Waals surface area contributed by atoms with Crippen LogP contribution in [0.4, 0.5) is 10.8 Å². The van der Waals surface area contributed by atoms with E-state index in [-0.39, 0.29) is 11.8 Å². The van der Waals surface area contributed by atoms with Crippen LogP contribution in [0.25, 0.3) is 0 Å². The van der Waals surface area contributed by atoms with E-state index in [1.165, 1.54) is 23.2 Å². The number of anilines is 2. The van der Waals surface area contributed by atoms with Crippen LogP contribution in [0.2, 0.25) is 5.02 Å². The number of hydrogen-bond donors (Lipinski definition) is 1. The Morgan fingerprint density at radius 2 is 2.04 bits per heavy atom. The Balaban J connectivity index is 1.70. The van der Waals surface area contributed by atoms with E-state index in [1.807, 2.05) is 22.4 Å². The molecule has 138 valence electrons. The summed E-state index contributed by atoms with van der Waals surface area (Å²) in [6.45, 7) is 7.32. The lowest BCUT2D eigenvalue weighted by Gasteiger charge is -2.31. The van der Waals surface area contributed by atoms with Crippen molar-refractivity contribution in [2.24, 2.45) is 0 Å². The summed E-state index contributed by atoms with van der Waals surface area (Å²) in [4.78, 5) is 33.1. The number of hydrogen-bond acceptors (Lipinski definition) is 4. The van der Waals surface area contributed by atoms with Gasteiger partial charge in [-0.05, 0) is 18.2 Å². The van der Waals surface area contributed by atoms with E-state index in [9.17, 15) is 9.59 Å². The summed E-state index contributed by atoms with van der Waals surface area (Å²) in [6, 6.07) is 7.21. The second kappa shape index (κ2) is 8.16. The third-order valence-electron chi connectivity index (χ3n) is 4.46. The van der Waals surface area contributed by atoms with Crippen molar-refractivity contribution in [3.8, 4) is 0 Å². The number of amides is 2. The van der Waals surface area contributed by atoms with Gasteiger partial charge in [-0.2, -0.15) is 0 Å². The number of halogens is 1. The van der Waals surface area contributed by atoms with E-state index < -0.39 is 0 Å². The maximum Gasteiger partial charge on any atom is 0.230 e. The summed E-state index contributed by atoms with van der Waals surface area (Å²) >= 11 is 7.52. The quantitative estimate of drug-likeness (QED) is 0.860. The van der Waals surface area contributed by atoms with E-state index in [2.05, 4.69) is 4.98 Å². The van der Waals surface area contributed by atoms with Crippen LogP contribution in [0.3, 0.4) is 0 Å². The third-order valence-corrected chi connectivity index (χ3v) is 5.57. The summed E-state index contributed by atoms with van der Waals surface area (Å²) in [6.07, 6.45) is 0. The van der Waals surface area contributed by atoms with Gasteiger partial charge >= 0.3 is 0 Å². The van der Waals surface area contributed by atoms with Crippen LogP contribution in [-0.4, -0.2) is 47.9 Å². The van der Waals surface area contributed by atoms with Gasteiger partial charge in [0.1, 0.15) is 12.2 Å². The van der Waals surface area contributed by atoms with E-state index >= 15 is 0 Å². The minimum absolute atomic E-state index is 0.101. The first-order chi connectivity index (χ1) is 12.4. The molecule has 1 aliphatic rings. The standard InChI is InChI=1S/C18H21ClN4O2S/c1-13(24)22-8-6-21(7-9-22)11-16-12-26-18(20-16)23(14(2)25)17-5-3-4-15(19)10-17/h3-5,10,12H,6-9,11H2,1-2H3/p+1. The monoisotopic (exact) mass is 393 g/mol. The first-order valence-corrected chi connectivity index (χ1v) is 9.79. The molecule has 0 aliphatic carbocycles. The smallest absolute Gasteiger partial charge is 0.230 e. The summed E-state index contributed by atoms with van der Waals surface area (Å²) in [5, 5.41) is 3.23. The molecule has 2 amide bonds. The Morgan fingerprint density at radius 1 is 1.31 bits per heavy atom. The molecule has 1 aromatic carbocycles. The van der Waals surface area contributed by atoms with Gasteiger partial charge in [-0.3, -0.25) is 14.5 Å². The fraction of sp³-hybridized carbons (Fsp3) is 0.389. The average molecular weight is 394 g/mol. The molecule has 1 aromatic heterocycles. The molecule has 0 bridgehead atoms. The van der Waals surface area contributed by atoms with Crippen LogP contribution < -0.4 is 9.80 Å². The van der Waals surface area contributed by atoms with Crippen LogP contribution in [0, 0.1) is 0 Å². The number of quaternary nitrogens is 1. The highest BCUT2D eigenvalue weighted by molar-refractivity contribution is 7.14. The van der Waals surface area contributed by atoms with Crippen molar-refractivity contribution in [1.82, 2.24) is 9.88 Å². The van der Waals surface area contributed by atoms with Gasteiger partial charge in [-0.15, -0.1) is 11.3 Å². The normalized spacial score (nSPS) is 15.1. The lowest BCUT2D eigenvalue weighted by atomic mass is 10.3. The number of carbonyl (C=O) groups is 2. The van der Waals surface area contributed by atoms with Crippen molar-refractivity contribution < 1.29 is 14.5 Å². The molecule has 3 rings (SSSR count). The van der Waals surface area contributed by atoms with Crippen molar-refractivity contribution in [1.29, 1.82) is 0 Å². The highest BCUT2D eigenvalue weighted by Crippen LogP contribution is 2.30. The molecule has 26 heavy (non-hydrogen) atoms. The number of thiazole rings is 1. The Bertz CT molecular complexity index is 802. The minimum atomic E-state index is -0.101. The fourth-order valence-corrected chi connectivity index (χ4v) is 4.16. The SMILES string of the molecule is CC(=O)N1CC[NH+](Cc2csc(N(C(C)=O)c3cccc(Cl)c3)n2)CC1. The third kappa shape index (κ3) is 4.41. The maximum absolute atomic E-state index is 12.2. The highest BCUT2D eigenvalue weighted by atomic mass is 35.5. The molecule has 0 spiro atoms. The molecular weight excluding hydrogens is 372 g/mol. The van der Waals surface area contributed by atoms with Crippen LogP contribution in [0.5, 0.6) is 0 Å². The van der Waals surface area contributed by atoms with Crippen LogP contribution in [0.15, 0.2) is 29.6 Å². The van der Waals surface area contributed by atoms with Gasteiger partial charge in [0.25, 0.3) is 0 Å². The summed E-state index contributed by atoms with van der Waals surface area (Å²) in [5.74, 6) is 0.0363. The molecule has 2 aromatic rings. The van der Waals surface area contributed by atoms with Crippen molar-refractivity contribution in [3.63, 3.8) is 0 Å². The molecule has 1 N–H and O–H groups in total. The summed E-state index contributed by atoms with van der Waals surface area (Å²) in [5.41, 5.74) is 1.68. The van der Waals surface area contributed by atoms with Gasteiger partial charge in [0.05, 0.1) is 31.9 Å². The van der Waals surface area contributed by atoms with E-state index in [1.54, 1.807) is 24.0 Å². The Morgan fingerprint density at radius 3 is 2.65 bits per heavy atom. The van der Waals surface area contributed by atoms with Crippen LogP contribution >= 0.6 is 22.9 Å². The molecule has 0 saturated carbocycles. The van der Waals surface area contributed by atoms with Crippen molar-refractivity contribution in [2.45, 2.75) is 20.4 Å². The Kier molecular flexibility index (Phi) is 5.90. The molecule has 6 nitrogen and oxygen atoms in total. The fourth-order valence-electron chi connectivity index (χ4n) is 3.09.